The van der Waals surface area contributed by atoms with E-state index in [4.69, 9.17) is 16.7 Å². The van der Waals surface area contributed by atoms with Gasteiger partial charge < -0.3 is 15.7 Å². The number of carbonyl (C=O) groups excluding carboxylic acids is 1. The van der Waals surface area contributed by atoms with Gasteiger partial charge in [0.15, 0.2) is 0 Å². The van der Waals surface area contributed by atoms with Crippen LogP contribution in [0.4, 0.5) is 10.5 Å². The SMILES string of the molecule is CC(C)(C)C(NC(=O)Nc1ccc(I)cc1Cl)C(=O)O. The molecule has 7 heteroatoms. The molecular formula is C13H16ClIN2O3. The van der Waals surface area contributed by atoms with Gasteiger partial charge in [0.2, 0.25) is 0 Å². The van der Waals surface area contributed by atoms with Crippen LogP contribution in [-0.2, 0) is 4.79 Å². The second-order valence-corrected chi connectivity index (χ2v) is 7.01. The first kappa shape index (κ1) is 17.0. The lowest BCUT2D eigenvalue weighted by molar-refractivity contribution is -0.141. The molecule has 20 heavy (non-hydrogen) atoms. The monoisotopic (exact) mass is 410 g/mol. The molecule has 1 atom stereocenters. The molecule has 110 valence electrons. The maximum Gasteiger partial charge on any atom is 0.326 e. The third-order valence-corrected chi connectivity index (χ3v) is 3.55. The fourth-order valence-corrected chi connectivity index (χ4v) is 2.43. The van der Waals surface area contributed by atoms with Crippen molar-refractivity contribution in [2.75, 3.05) is 5.32 Å². The van der Waals surface area contributed by atoms with Crippen LogP contribution in [0.2, 0.25) is 5.02 Å². The van der Waals surface area contributed by atoms with Crippen LogP contribution in [0.25, 0.3) is 0 Å². The van der Waals surface area contributed by atoms with E-state index in [9.17, 15) is 9.59 Å². The van der Waals surface area contributed by atoms with E-state index in [0.29, 0.717) is 10.7 Å². The van der Waals surface area contributed by atoms with Gasteiger partial charge in [0.25, 0.3) is 0 Å². The summed E-state index contributed by atoms with van der Waals surface area (Å²) in [6.07, 6.45) is 0. The summed E-state index contributed by atoms with van der Waals surface area (Å²) < 4.78 is 0.941. The van der Waals surface area contributed by atoms with Crippen molar-refractivity contribution in [2.45, 2.75) is 26.8 Å². The number of hydrogen-bond acceptors (Lipinski definition) is 2. The van der Waals surface area contributed by atoms with Crippen LogP contribution in [0.5, 0.6) is 0 Å². The van der Waals surface area contributed by atoms with Gasteiger partial charge in [0.1, 0.15) is 6.04 Å². The predicted molar refractivity (Wildman–Crippen MR) is 87.2 cm³/mol. The minimum Gasteiger partial charge on any atom is -0.480 e. The Balaban J connectivity index is 2.79. The minimum absolute atomic E-state index is 0.398. The number of carbonyl (C=O) groups is 2. The lowest BCUT2D eigenvalue weighted by atomic mass is 9.87. The Hall–Kier alpha value is -1.02. The number of rotatable bonds is 3. The van der Waals surface area contributed by atoms with Crippen LogP contribution in [0.1, 0.15) is 20.8 Å². The van der Waals surface area contributed by atoms with E-state index in [0.717, 1.165) is 3.57 Å². The van der Waals surface area contributed by atoms with Gasteiger partial charge in [-0.15, -0.1) is 0 Å². The number of anilines is 1. The molecule has 2 amide bonds. The number of carboxylic acid groups (broad SMARTS) is 1. The Labute approximate surface area is 136 Å². The number of hydrogen-bond donors (Lipinski definition) is 3. The van der Waals surface area contributed by atoms with Crippen molar-refractivity contribution in [3.05, 3.63) is 26.8 Å². The van der Waals surface area contributed by atoms with Crippen molar-refractivity contribution in [2.24, 2.45) is 5.41 Å². The fraction of sp³-hybridized carbons (Fsp3) is 0.385. The van der Waals surface area contributed by atoms with E-state index >= 15 is 0 Å². The standard InChI is InChI=1S/C13H16ClIN2O3/c1-13(2,3)10(11(18)19)17-12(20)16-9-5-4-7(15)6-8(9)14/h4-6,10H,1-3H3,(H,18,19)(H2,16,17,20). The number of carboxylic acids is 1. The quantitative estimate of drug-likeness (QED) is 0.667. The first-order chi connectivity index (χ1) is 9.11. The zero-order valence-corrected chi connectivity index (χ0v) is 14.2. The lowest BCUT2D eigenvalue weighted by Crippen LogP contribution is -2.50. The van der Waals surface area contributed by atoms with Gasteiger partial charge in [0, 0.05) is 3.57 Å². The first-order valence-electron chi connectivity index (χ1n) is 5.86. The van der Waals surface area contributed by atoms with E-state index in [1.807, 2.05) is 0 Å². The van der Waals surface area contributed by atoms with Crippen molar-refractivity contribution in [3.8, 4) is 0 Å². The molecule has 0 aromatic heterocycles. The molecule has 5 nitrogen and oxygen atoms in total. The van der Waals surface area contributed by atoms with Crippen LogP contribution in [0, 0.1) is 8.99 Å². The number of benzene rings is 1. The summed E-state index contributed by atoms with van der Waals surface area (Å²) >= 11 is 8.10. The van der Waals surface area contributed by atoms with Crippen molar-refractivity contribution in [3.63, 3.8) is 0 Å². The number of urea groups is 1. The normalized spacial score (nSPS) is 12.7. The molecule has 0 saturated carbocycles. The molecule has 1 aromatic carbocycles. The summed E-state index contributed by atoms with van der Waals surface area (Å²) in [5.74, 6) is -1.08. The van der Waals surface area contributed by atoms with Crippen molar-refractivity contribution in [1.82, 2.24) is 5.32 Å². The molecular weight excluding hydrogens is 395 g/mol. The van der Waals surface area contributed by atoms with Gasteiger partial charge in [-0.2, -0.15) is 0 Å². The van der Waals surface area contributed by atoms with Gasteiger partial charge in [-0.3, -0.25) is 0 Å². The zero-order valence-electron chi connectivity index (χ0n) is 11.3. The molecule has 1 rings (SSSR count). The van der Waals surface area contributed by atoms with Gasteiger partial charge in [-0.05, 0) is 46.2 Å². The molecule has 0 spiro atoms. The van der Waals surface area contributed by atoms with E-state index < -0.39 is 23.5 Å². The van der Waals surface area contributed by atoms with Crippen LogP contribution < -0.4 is 10.6 Å². The largest absolute Gasteiger partial charge is 0.480 e. The fourth-order valence-electron chi connectivity index (χ4n) is 1.53. The Morgan fingerprint density at radius 1 is 1.35 bits per heavy atom. The Morgan fingerprint density at radius 3 is 2.40 bits per heavy atom. The molecule has 1 aromatic rings. The number of nitrogens with one attached hydrogen (secondary N) is 2. The highest BCUT2D eigenvalue weighted by molar-refractivity contribution is 14.1. The van der Waals surface area contributed by atoms with E-state index in [1.165, 1.54) is 0 Å². The maximum atomic E-state index is 11.9. The maximum absolute atomic E-state index is 11.9. The summed E-state index contributed by atoms with van der Waals surface area (Å²) in [4.78, 5) is 23.0. The van der Waals surface area contributed by atoms with E-state index in [1.54, 1.807) is 39.0 Å². The Kier molecular flexibility index (Phi) is 5.64. The van der Waals surface area contributed by atoms with Crippen molar-refractivity contribution < 1.29 is 14.7 Å². The molecule has 0 saturated heterocycles. The van der Waals surface area contributed by atoms with Gasteiger partial charge in [-0.1, -0.05) is 32.4 Å². The predicted octanol–water partition coefficient (Wildman–Crippen LogP) is 3.57. The molecule has 0 radical (unpaired) electrons. The number of halogens is 2. The summed E-state index contributed by atoms with van der Waals surface area (Å²) in [7, 11) is 0. The highest BCUT2D eigenvalue weighted by Crippen LogP contribution is 2.24. The average molecular weight is 411 g/mol. The highest BCUT2D eigenvalue weighted by atomic mass is 127. The van der Waals surface area contributed by atoms with Crippen LogP contribution in [0.15, 0.2) is 18.2 Å². The second kappa shape index (κ2) is 6.62. The molecule has 3 N–H and O–H groups in total. The second-order valence-electron chi connectivity index (χ2n) is 5.36. The van der Waals surface area contributed by atoms with E-state index in [2.05, 4.69) is 33.2 Å². The molecule has 0 aliphatic heterocycles. The van der Waals surface area contributed by atoms with Crippen molar-refractivity contribution in [1.29, 1.82) is 0 Å². The average Bonchev–Trinajstić information content (AvgIpc) is 2.28. The molecule has 0 aliphatic rings. The van der Waals surface area contributed by atoms with Crippen LogP contribution in [-0.4, -0.2) is 23.1 Å². The first-order valence-corrected chi connectivity index (χ1v) is 7.32. The molecule has 0 fully saturated rings. The minimum atomic E-state index is -1.08. The molecule has 0 heterocycles. The van der Waals surface area contributed by atoms with Gasteiger partial charge in [0.05, 0.1) is 10.7 Å². The Morgan fingerprint density at radius 2 is 1.95 bits per heavy atom. The van der Waals surface area contributed by atoms with Gasteiger partial charge in [-0.25, -0.2) is 9.59 Å². The third-order valence-electron chi connectivity index (χ3n) is 2.57. The highest BCUT2D eigenvalue weighted by Gasteiger charge is 2.32. The van der Waals surface area contributed by atoms with E-state index in [-0.39, 0.29) is 0 Å². The Bertz CT molecular complexity index is 529. The molecule has 0 aliphatic carbocycles. The summed E-state index contributed by atoms with van der Waals surface area (Å²) in [6, 6.07) is 3.56. The van der Waals surface area contributed by atoms with Gasteiger partial charge >= 0.3 is 12.0 Å². The zero-order chi connectivity index (χ0) is 15.5. The number of aliphatic carboxylic acids is 1. The molecule has 0 bridgehead atoms. The summed E-state index contributed by atoms with van der Waals surface area (Å²) in [5, 5.41) is 14.5. The smallest absolute Gasteiger partial charge is 0.326 e. The third kappa shape index (κ3) is 4.82. The lowest BCUT2D eigenvalue weighted by Gasteiger charge is -2.27. The van der Waals surface area contributed by atoms with Crippen molar-refractivity contribution >= 4 is 51.9 Å². The summed E-state index contributed by atoms with van der Waals surface area (Å²) in [5.41, 5.74) is -0.165. The van der Waals surface area contributed by atoms with Crippen LogP contribution in [0.3, 0.4) is 0 Å². The summed E-state index contributed by atoms with van der Waals surface area (Å²) in [6.45, 7) is 5.22. The topological polar surface area (TPSA) is 78.4 Å². The molecule has 1 unspecified atom stereocenters. The number of amides is 2. The van der Waals surface area contributed by atoms with Crippen LogP contribution >= 0.6 is 34.2 Å².